The highest BCUT2D eigenvalue weighted by Gasteiger charge is 2.34. The van der Waals surface area contributed by atoms with Crippen LogP contribution in [0.25, 0.3) is 0 Å². The Morgan fingerprint density at radius 2 is 1.88 bits per heavy atom. The summed E-state index contributed by atoms with van der Waals surface area (Å²) in [6.45, 7) is 1.38. The highest BCUT2D eigenvalue weighted by atomic mass is 19.3. The second kappa shape index (κ2) is 10.4. The fraction of sp³-hybridized carbons (Fsp3) is 0.417. The molecule has 0 bridgehead atoms. The van der Waals surface area contributed by atoms with E-state index in [-0.39, 0.29) is 31.8 Å². The Morgan fingerprint density at radius 3 is 2.62 bits per heavy atom. The van der Waals surface area contributed by atoms with Crippen LogP contribution in [0.5, 0.6) is 11.5 Å². The van der Waals surface area contributed by atoms with E-state index < -0.39 is 18.0 Å². The second-order valence-corrected chi connectivity index (χ2v) is 7.91. The molecule has 1 aliphatic rings. The fourth-order valence-corrected chi connectivity index (χ4v) is 3.62. The van der Waals surface area contributed by atoms with E-state index in [0.717, 1.165) is 6.92 Å². The molecule has 0 radical (unpaired) electrons. The molecule has 3 rings (SSSR count). The van der Waals surface area contributed by atoms with Gasteiger partial charge in [0.15, 0.2) is 6.10 Å². The number of carboxylic acids is 1. The molecule has 1 N–H and O–H groups in total. The van der Waals surface area contributed by atoms with Crippen LogP contribution in [0.2, 0.25) is 0 Å². The van der Waals surface area contributed by atoms with Crippen LogP contribution in [0.15, 0.2) is 48.5 Å². The minimum atomic E-state index is -2.72. The van der Waals surface area contributed by atoms with Gasteiger partial charge in [0.25, 0.3) is 5.91 Å². The highest BCUT2D eigenvalue weighted by Crippen LogP contribution is 2.35. The summed E-state index contributed by atoms with van der Waals surface area (Å²) < 4.78 is 37.8. The van der Waals surface area contributed by atoms with Crippen molar-refractivity contribution >= 4 is 17.6 Å². The number of ether oxygens (including phenoxy) is 2. The predicted octanol–water partition coefficient (Wildman–Crippen LogP) is 4.70. The molecule has 0 spiro atoms. The maximum Gasteiger partial charge on any atom is 0.307 e. The van der Waals surface area contributed by atoms with Gasteiger partial charge in [0.2, 0.25) is 5.92 Å². The van der Waals surface area contributed by atoms with Gasteiger partial charge in [-0.3, -0.25) is 9.59 Å². The van der Waals surface area contributed by atoms with Crippen molar-refractivity contribution in [3.05, 3.63) is 54.1 Å². The number of rotatable bonds is 11. The van der Waals surface area contributed by atoms with Crippen molar-refractivity contribution < 1.29 is 33.0 Å². The second-order valence-electron chi connectivity index (χ2n) is 7.91. The van der Waals surface area contributed by atoms with Crippen molar-refractivity contribution in [3.63, 3.8) is 0 Å². The number of halogens is 2. The van der Waals surface area contributed by atoms with Gasteiger partial charge in [-0.15, -0.1) is 0 Å². The van der Waals surface area contributed by atoms with E-state index in [0.29, 0.717) is 42.1 Å². The van der Waals surface area contributed by atoms with Crippen LogP contribution in [-0.2, 0) is 16.0 Å². The number of nitrogens with zero attached hydrogens (tertiary/aromatic N) is 1. The summed E-state index contributed by atoms with van der Waals surface area (Å²) in [6.07, 6.45) is -0.130. The van der Waals surface area contributed by atoms with Gasteiger partial charge < -0.3 is 19.5 Å². The Hall–Kier alpha value is -3.16. The molecule has 6 nitrogen and oxygen atoms in total. The van der Waals surface area contributed by atoms with Gasteiger partial charge in [-0.25, -0.2) is 8.78 Å². The molecule has 2 aromatic rings. The lowest BCUT2D eigenvalue weighted by Gasteiger charge is -2.34. The summed E-state index contributed by atoms with van der Waals surface area (Å²) in [5.41, 5.74) is 1.18. The Kier molecular flexibility index (Phi) is 7.66. The monoisotopic (exact) mass is 447 g/mol. The molecule has 32 heavy (non-hydrogen) atoms. The van der Waals surface area contributed by atoms with Crippen LogP contribution < -0.4 is 14.4 Å². The minimum absolute atomic E-state index is 0.158. The van der Waals surface area contributed by atoms with Crippen molar-refractivity contribution in [2.45, 2.75) is 51.1 Å². The molecule has 0 saturated heterocycles. The molecule has 172 valence electrons. The molecule has 8 heteroatoms. The summed E-state index contributed by atoms with van der Waals surface area (Å²) in [7, 11) is 0. The number of fused-ring (bicyclic) bond motifs is 1. The van der Waals surface area contributed by atoms with E-state index in [1.54, 1.807) is 53.4 Å². The van der Waals surface area contributed by atoms with E-state index >= 15 is 0 Å². The first kappa shape index (κ1) is 23.5. The van der Waals surface area contributed by atoms with Gasteiger partial charge in [-0.05, 0) is 38.0 Å². The molecule has 1 atom stereocenters. The van der Waals surface area contributed by atoms with E-state index in [1.807, 2.05) is 0 Å². The number of carboxylic acid groups (broad SMARTS) is 1. The molecule has 0 aromatic heterocycles. The standard InChI is InChI=1S/C24H27F2NO5/c1-24(25,26)13-6-7-14-27-18-9-3-5-11-20(18)32-21(23(27)30)12-15-31-19-10-4-2-8-17(19)16-22(28)29/h2-5,8-11,21H,6-7,12-16H2,1H3,(H,28,29)/t21-/m0/s1. The number of amides is 1. The molecule has 0 aliphatic carbocycles. The number of unbranched alkanes of at least 4 members (excludes halogenated alkanes) is 1. The molecule has 1 heterocycles. The number of benzene rings is 2. The molecule has 1 amide bonds. The van der Waals surface area contributed by atoms with Crippen LogP contribution in [0.3, 0.4) is 0 Å². The average Bonchev–Trinajstić information content (AvgIpc) is 2.73. The molecule has 0 unspecified atom stereocenters. The first-order chi connectivity index (χ1) is 15.2. The largest absolute Gasteiger partial charge is 0.493 e. The number of para-hydroxylation sites is 3. The van der Waals surface area contributed by atoms with Crippen molar-refractivity contribution in [2.75, 3.05) is 18.1 Å². The summed E-state index contributed by atoms with van der Waals surface area (Å²) in [6, 6.07) is 14.0. The Labute approximate surface area is 185 Å². The minimum Gasteiger partial charge on any atom is -0.493 e. The Morgan fingerprint density at radius 1 is 1.16 bits per heavy atom. The van der Waals surface area contributed by atoms with Crippen molar-refractivity contribution in [2.24, 2.45) is 0 Å². The Bertz CT molecular complexity index is 944. The summed E-state index contributed by atoms with van der Waals surface area (Å²) in [5, 5.41) is 9.04. The molecule has 2 aromatic carbocycles. The zero-order valence-electron chi connectivity index (χ0n) is 17.9. The number of carbonyl (C=O) groups excluding carboxylic acids is 1. The molecule has 1 aliphatic heterocycles. The lowest BCUT2D eigenvalue weighted by atomic mass is 10.1. The highest BCUT2D eigenvalue weighted by molar-refractivity contribution is 6.00. The third-order valence-corrected chi connectivity index (χ3v) is 5.17. The average molecular weight is 447 g/mol. The molecular formula is C24H27F2NO5. The molecule has 0 saturated carbocycles. The smallest absolute Gasteiger partial charge is 0.307 e. The van der Waals surface area contributed by atoms with Crippen LogP contribution >= 0.6 is 0 Å². The Balaban J connectivity index is 1.63. The lowest BCUT2D eigenvalue weighted by Crippen LogP contribution is -2.47. The zero-order chi connectivity index (χ0) is 23.1. The van der Waals surface area contributed by atoms with Gasteiger partial charge in [0.05, 0.1) is 18.7 Å². The number of anilines is 1. The first-order valence-electron chi connectivity index (χ1n) is 10.6. The number of hydrogen-bond donors (Lipinski definition) is 1. The van der Waals surface area contributed by atoms with Crippen LogP contribution in [-0.4, -0.2) is 42.2 Å². The van der Waals surface area contributed by atoms with Crippen molar-refractivity contribution in [1.29, 1.82) is 0 Å². The topological polar surface area (TPSA) is 76.1 Å². The summed E-state index contributed by atoms with van der Waals surface area (Å²) in [5.74, 6) is -2.90. The number of alkyl halides is 2. The van der Waals surface area contributed by atoms with E-state index in [9.17, 15) is 18.4 Å². The van der Waals surface area contributed by atoms with Crippen LogP contribution in [0, 0.1) is 0 Å². The van der Waals surface area contributed by atoms with E-state index in [1.165, 1.54) is 0 Å². The summed E-state index contributed by atoms with van der Waals surface area (Å²) >= 11 is 0. The van der Waals surface area contributed by atoms with Gasteiger partial charge in [0.1, 0.15) is 11.5 Å². The predicted molar refractivity (Wildman–Crippen MR) is 116 cm³/mol. The van der Waals surface area contributed by atoms with E-state index in [2.05, 4.69) is 0 Å². The van der Waals surface area contributed by atoms with Gasteiger partial charge in [0, 0.05) is 24.9 Å². The zero-order valence-corrected chi connectivity index (χ0v) is 17.9. The maximum absolute atomic E-state index is 13.1. The molecular weight excluding hydrogens is 420 g/mol. The van der Waals surface area contributed by atoms with Crippen molar-refractivity contribution in [3.8, 4) is 11.5 Å². The van der Waals surface area contributed by atoms with Crippen molar-refractivity contribution in [1.82, 2.24) is 0 Å². The van der Waals surface area contributed by atoms with Gasteiger partial charge >= 0.3 is 5.97 Å². The van der Waals surface area contributed by atoms with E-state index in [4.69, 9.17) is 14.6 Å². The van der Waals surface area contributed by atoms with Crippen LogP contribution in [0.1, 0.15) is 38.2 Å². The fourth-order valence-electron chi connectivity index (χ4n) is 3.62. The normalized spacial score (nSPS) is 15.8. The lowest BCUT2D eigenvalue weighted by molar-refractivity contribution is -0.136. The SMILES string of the molecule is CC(F)(F)CCCCN1C(=O)[C@H](CCOc2ccccc2CC(=O)O)Oc2ccccc21. The number of aliphatic carboxylic acids is 1. The number of carbonyl (C=O) groups is 2. The quantitative estimate of drug-likeness (QED) is 0.505. The third-order valence-electron chi connectivity index (χ3n) is 5.17. The summed E-state index contributed by atoms with van der Waals surface area (Å²) in [4.78, 5) is 25.7. The van der Waals surface area contributed by atoms with Gasteiger partial charge in [-0.2, -0.15) is 0 Å². The third kappa shape index (κ3) is 6.42. The van der Waals surface area contributed by atoms with Gasteiger partial charge in [-0.1, -0.05) is 30.3 Å². The number of hydrogen-bond acceptors (Lipinski definition) is 4. The first-order valence-corrected chi connectivity index (χ1v) is 10.6. The molecule has 0 fully saturated rings. The van der Waals surface area contributed by atoms with Crippen LogP contribution in [0.4, 0.5) is 14.5 Å². The maximum atomic E-state index is 13.1.